The van der Waals surface area contributed by atoms with Gasteiger partial charge in [-0.05, 0) is 19.1 Å². The molecule has 1 unspecified atom stereocenters. The van der Waals surface area contributed by atoms with Gasteiger partial charge in [0.1, 0.15) is 5.76 Å². The van der Waals surface area contributed by atoms with E-state index >= 15 is 0 Å². The molecule has 0 aromatic carbocycles. The van der Waals surface area contributed by atoms with Crippen molar-refractivity contribution < 1.29 is 32.3 Å². The maximum Gasteiger partial charge on any atom is 0.391 e. The van der Waals surface area contributed by atoms with Gasteiger partial charge < -0.3 is 20.2 Å². The summed E-state index contributed by atoms with van der Waals surface area (Å²) >= 11 is 0. The van der Waals surface area contributed by atoms with Crippen LogP contribution in [0.2, 0.25) is 0 Å². The molecule has 1 heterocycles. The minimum absolute atomic E-state index is 0.127. The molecule has 0 bridgehead atoms. The van der Waals surface area contributed by atoms with Crippen molar-refractivity contribution in [2.45, 2.75) is 32.1 Å². The van der Waals surface area contributed by atoms with Crippen LogP contribution >= 0.6 is 0 Å². The first-order chi connectivity index (χ1) is 9.17. The number of aromatic carboxylic acids is 1. The van der Waals surface area contributed by atoms with Crippen LogP contribution in [0.15, 0.2) is 16.5 Å². The normalized spacial score (nSPS) is 12.8. The number of hydrogen-bond acceptors (Lipinski definition) is 3. The molecule has 0 spiro atoms. The summed E-state index contributed by atoms with van der Waals surface area (Å²) in [6, 6.07) is 0.697. The van der Waals surface area contributed by atoms with Gasteiger partial charge in [0.15, 0.2) is 0 Å². The molecule has 0 aliphatic carbocycles. The van der Waals surface area contributed by atoms with Crippen molar-refractivity contribution in [1.29, 1.82) is 0 Å². The van der Waals surface area contributed by atoms with Crippen molar-refractivity contribution in [3.63, 3.8) is 0 Å². The number of alkyl halides is 3. The van der Waals surface area contributed by atoms with Crippen molar-refractivity contribution in [3.05, 3.63) is 23.7 Å². The van der Waals surface area contributed by atoms with E-state index in [1.54, 1.807) is 0 Å². The first kappa shape index (κ1) is 15.9. The van der Waals surface area contributed by atoms with Crippen LogP contribution in [-0.2, 0) is 6.54 Å². The van der Waals surface area contributed by atoms with Crippen LogP contribution in [0.25, 0.3) is 0 Å². The molecule has 112 valence electrons. The first-order valence-corrected chi connectivity index (χ1v) is 5.60. The summed E-state index contributed by atoms with van der Waals surface area (Å²) < 4.78 is 41.0. The van der Waals surface area contributed by atoms with Gasteiger partial charge in [0.2, 0.25) is 5.76 Å². The highest BCUT2D eigenvalue weighted by molar-refractivity contribution is 5.84. The Hall–Kier alpha value is -2.19. The van der Waals surface area contributed by atoms with Gasteiger partial charge in [0, 0.05) is 6.04 Å². The molecule has 1 aromatic heterocycles. The fraction of sp³-hybridized carbons (Fsp3) is 0.455. The second kappa shape index (κ2) is 6.31. The van der Waals surface area contributed by atoms with Gasteiger partial charge >= 0.3 is 18.2 Å². The lowest BCUT2D eigenvalue weighted by molar-refractivity contribution is -0.138. The minimum atomic E-state index is -4.36. The second-order valence-corrected chi connectivity index (χ2v) is 4.12. The molecule has 1 aromatic rings. The van der Waals surface area contributed by atoms with Gasteiger partial charge in [-0.2, -0.15) is 13.2 Å². The number of halogens is 3. The van der Waals surface area contributed by atoms with Gasteiger partial charge in [-0.1, -0.05) is 0 Å². The number of carboxylic acids is 1. The van der Waals surface area contributed by atoms with Gasteiger partial charge in [0.25, 0.3) is 0 Å². The fourth-order valence-corrected chi connectivity index (χ4v) is 1.43. The Morgan fingerprint density at radius 1 is 1.40 bits per heavy atom. The summed E-state index contributed by atoms with van der Waals surface area (Å²) in [6.07, 6.45) is -5.49. The Kier molecular flexibility index (Phi) is 5.00. The molecule has 2 amide bonds. The lowest BCUT2D eigenvalue weighted by atomic mass is 10.2. The topological polar surface area (TPSA) is 91.6 Å². The molecule has 20 heavy (non-hydrogen) atoms. The average Bonchev–Trinajstić information content (AvgIpc) is 2.72. The van der Waals surface area contributed by atoms with E-state index < -0.39 is 30.6 Å². The van der Waals surface area contributed by atoms with E-state index in [2.05, 4.69) is 10.6 Å². The predicted molar refractivity (Wildman–Crippen MR) is 61.2 cm³/mol. The molecule has 0 saturated heterocycles. The fourth-order valence-electron chi connectivity index (χ4n) is 1.43. The highest BCUT2D eigenvalue weighted by Crippen LogP contribution is 2.21. The number of furan rings is 1. The molecule has 6 nitrogen and oxygen atoms in total. The Balaban J connectivity index is 2.37. The third-order valence-corrected chi connectivity index (χ3v) is 2.21. The van der Waals surface area contributed by atoms with Crippen molar-refractivity contribution in [3.8, 4) is 0 Å². The number of carbonyl (C=O) groups is 2. The number of urea groups is 1. The average molecular weight is 294 g/mol. The van der Waals surface area contributed by atoms with Gasteiger partial charge in [-0.15, -0.1) is 0 Å². The first-order valence-electron chi connectivity index (χ1n) is 5.60. The molecule has 0 aliphatic rings. The Morgan fingerprint density at radius 3 is 2.55 bits per heavy atom. The third kappa shape index (κ3) is 5.63. The summed E-state index contributed by atoms with van der Waals surface area (Å²) in [5.74, 6) is -1.35. The summed E-state index contributed by atoms with van der Waals surface area (Å²) in [5, 5.41) is 13.0. The zero-order valence-corrected chi connectivity index (χ0v) is 10.5. The number of rotatable bonds is 5. The van der Waals surface area contributed by atoms with Crippen LogP contribution in [0.1, 0.15) is 29.7 Å². The van der Waals surface area contributed by atoms with Crippen molar-refractivity contribution in [1.82, 2.24) is 10.6 Å². The van der Waals surface area contributed by atoms with Crippen LogP contribution in [-0.4, -0.2) is 29.3 Å². The minimum Gasteiger partial charge on any atom is -0.475 e. The van der Waals surface area contributed by atoms with Crippen LogP contribution in [0.4, 0.5) is 18.0 Å². The van der Waals surface area contributed by atoms with Gasteiger partial charge in [0.05, 0.1) is 13.0 Å². The highest BCUT2D eigenvalue weighted by Gasteiger charge is 2.30. The molecular weight excluding hydrogens is 281 g/mol. The molecule has 1 atom stereocenters. The van der Waals surface area contributed by atoms with E-state index in [9.17, 15) is 22.8 Å². The van der Waals surface area contributed by atoms with Crippen molar-refractivity contribution >= 4 is 12.0 Å². The van der Waals surface area contributed by atoms with Crippen LogP contribution in [0, 0.1) is 0 Å². The summed E-state index contributed by atoms with van der Waals surface area (Å²) in [7, 11) is 0. The SMILES string of the molecule is CC(CC(F)(F)F)NC(=O)NCc1ccc(C(=O)O)o1. The van der Waals surface area contributed by atoms with E-state index in [0.29, 0.717) is 0 Å². The molecule has 0 aliphatic heterocycles. The molecule has 9 heteroatoms. The zero-order chi connectivity index (χ0) is 15.3. The van der Waals surface area contributed by atoms with E-state index in [1.807, 2.05) is 0 Å². The molecule has 0 fully saturated rings. The Morgan fingerprint density at radius 2 is 2.05 bits per heavy atom. The van der Waals surface area contributed by atoms with Crippen LogP contribution in [0.5, 0.6) is 0 Å². The number of hydrogen-bond donors (Lipinski definition) is 3. The lowest BCUT2D eigenvalue weighted by Gasteiger charge is -2.15. The van der Waals surface area contributed by atoms with E-state index in [0.717, 1.165) is 0 Å². The quantitative estimate of drug-likeness (QED) is 0.775. The van der Waals surface area contributed by atoms with E-state index in [4.69, 9.17) is 9.52 Å². The van der Waals surface area contributed by atoms with Crippen molar-refractivity contribution in [2.75, 3.05) is 0 Å². The zero-order valence-electron chi connectivity index (χ0n) is 10.5. The summed E-state index contributed by atoms with van der Waals surface area (Å²) in [6.45, 7) is 1.10. The molecular formula is C11H13F3N2O4. The molecule has 3 N–H and O–H groups in total. The highest BCUT2D eigenvalue weighted by atomic mass is 19.4. The van der Waals surface area contributed by atoms with Crippen LogP contribution in [0.3, 0.4) is 0 Å². The maximum absolute atomic E-state index is 12.0. The summed E-state index contributed by atoms with van der Waals surface area (Å²) in [4.78, 5) is 21.8. The van der Waals surface area contributed by atoms with E-state index in [-0.39, 0.29) is 18.1 Å². The Bertz CT molecular complexity index is 484. The second-order valence-electron chi connectivity index (χ2n) is 4.12. The standard InChI is InChI=1S/C11H13F3N2O4/c1-6(4-11(12,13)14)16-10(19)15-5-7-2-3-8(20-7)9(17)18/h2-3,6H,4-5H2,1H3,(H,17,18)(H2,15,16,19). The smallest absolute Gasteiger partial charge is 0.391 e. The van der Waals surface area contributed by atoms with Gasteiger partial charge in [-0.25, -0.2) is 9.59 Å². The van der Waals surface area contributed by atoms with Gasteiger partial charge in [-0.3, -0.25) is 0 Å². The predicted octanol–water partition coefficient (Wildman–Crippen LogP) is 2.12. The number of carbonyl (C=O) groups excluding carboxylic acids is 1. The van der Waals surface area contributed by atoms with Crippen LogP contribution < -0.4 is 10.6 Å². The molecule has 0 saturated carbocycles. The molecule has 1 rings (SSSR count). The lowest BCUT2D eigenvalue weighted by Crippen LogP contribution is -2.42. The third-order valence-electron chi connectivity index (χ3n) is 2.21. The maximum atomic E-state index is 12.0. The van der Waals surface area contributed by atoms with Crippen molar-refractivity contribution in [2.24, 2.45) is 0 Å². The number of amides is 2. The monoisotopic (exact) mass is 294 g/mol. The largest absolute Gasteiger partial charge is 0.475 e. The molecule has 0 radical (unpaired) electrons. The van der Waals surface area contributed by atoms with E-state index in [1.165, 1.54) is 19.1 Å². The number of carboxylic acid groups (broad SMARTS) is 1. The Labute approximate surface area is 111 Å². The summed E-state index contributed by atoms with van der Waals surface area (Å²) in [5.41, 5.74) is 0. The number of nitrogens with one attached hydrogen (secondary N) is 2.